The average Bonchev–Trinajstić information content (AvgIpc) is 3.01. The number of carboxylic acids is 1. The van der Waals surface area contributed by atoms with Gasteiger partial charge in [-0.3, -0.25) is 9.59 Å². The van der Waals surface area contributed by atoms with Crippen molar-refractivity contribution in [3.63, 3.8) is 0 Å². The van der Waals surface area contributed by atoms with Crippen LogP contribution in [0.3, 0.4) is 0 Å². The van der Waals surface area contributed by atoms with Crippen LogP contribution in [0.25, 0.3) is 0 Å². The third-order valence-electron chi connectivity index (χ3n) is 7.56. The van der Waals surface area contributed by atoms with Gasteiger partial charge in [0.1, 0.15) is 6.61 Å². The van der Waals surface area contributed by atoms with E-state index < -0.39 is 18.1 Å². The van der Waals surface area contributed by atoms with Gasteiger partial charge in [0.25, 0.3) is 0 Å². The molecule has 0 amide bonds. The van der Waals surface area contributed by atoms with Crippen molar-refractivity contribution in [3.8, 4) is 0 Å². The van der Waals surface area contributed by atoms with Gasteiger partial charge in [0.2, 0.25) is 0 Å². The van der Waals surface area contributed by atoms with Gasteiger partial charge in [0.05, 0.1) is 34.4 Å². The Morgan fingerprint density at radius 2 is 1.19 bits per heavy atom. The van der Waals surface area contributed by atoms with Crippen molar-refractivity contribution in [2.75, 3.05) is 41.0 Å². The fourth-order valence-corrected chi connectivity index (χ4v) is 4.77. The highest BCUT2D eigenvalue weighted by molar-refractivity contribution is 5.72. The van der Waals surface area contributed by atoms with Crippen LogP contribution in [0, 0.1) is 0 Å². The van der Waals surface area contributed by atoms with E-state index in [0.717, 1.165) is 32.1 Å². The number of unbranched alkanes of at least 4 members (excludes halogenated alkanes) is 10. The zero-order chi connectivity index (χ0) is 35.0. The molecule has 0 aliphatic rings. The van der Waals surface area contributed by atoms with Crippen molar-refractivity contribution >= 4 is 17.9 Å². The second-order valence-corrected chi connectivity index (χ2v) is 12.9. The second-order valence-electron chi connectivity index (χ2n) is 12.9. The minimum absolute atomic E-state index is 0.0308. The Kier molecular flexibility index (Phi) is 28.4. The number of allylic oxidation sites excluding steroid dienone is 10. The number of ether oxygens (including phenoxy) is 3. The molecule has 0 aromatic heterocycles. The largest absolute Gasteiger partial charge is 0.477 e. The number of carbonyl (C=O) groups is 3. The van der Waals surface area contributed by atoms with E-state index >= 15 is 0 Å². The van der Waals surface area contributed by atoms with E-state index in [1.54, 1.807) is 0 Å². The first kappa shape index (κ1) is 44.0. The first-order chi connectivity index (χ1) is 22.6. The van der Waals surface area contributed by atoms with E-state index in [9.17, 15) is 19.5 Å². The Hall–Kier alpha value is -2.97. The quantitative estimate of drug-likeness (QED) is 0.0356. The zero-order valence-corrected chi connectivity index (χ0v) is 30.2. The van der Waals surface area contributed by atoms with Gasteiger partial charge in [0.15, 0.2) is 12.1 Å². The summed E-state index contributed by atoms with van der Waals surface area (Å²) in [5, 5.41) is 9.56. The van der Waals surface area contributed by atoms with Gasteiger partial charge < -0.3 is 23.8 Å². The number of quaternary nitrogens is 1. The number of hydrogen-bond acceptors (Lipinski definition) is 6. The van der Waals surface area contributed by atoms with Crippen LogP contribution in [0.5, 0.6) is 0 Å². The Labute approximate surface area is 286 Å². The number of nitrogens with zero attached hydrogens (tertiary/aromatic N) is 1. The second kappa shape index (κ2) is 30.4. The van der Waals surface area contributed by atoms with Gasteiger partial charge in [-0.05, 0) is 25.7 Å². The van der Waals surface area contributed by atoms with Gasteiger partial charge in [-0.15, -0.1) is 0 Å². The molecule has 8 nitrogen and oxygen atoms in total. The van der Waals surface area contributed by atoms with E-state index in [4.69, 9.17) is 14.2 Å². The van der Waals surface area contributed by atoms with E-state index in [1.165, 1.54) is 44.9 Å². The highest BCUT2D eigenvalue weighted by atomic mass is 16.6. The summed E-state index contributed by atoms with van der Waals surface area (Å²) in [6, 6.07) is -0.626. The lowest BCUT2D eigenvalue weighted by Crippen LogP contribution is -2.50. The molecule has 47 heavy (non-hydrogen) atoms. The maximum absolute atomic E-state index is 12.6. The molecular weight excluding hydrogens is 594 g/mol. The van der Waals surface area contributed by atoms with Crippen LogP contribution >= 0.6 is 0 Å². The molecular formula is C39H66NO7+. The van der Waals surface area contributed by atoms with Crippen LogP contribution < -0.4 is 0 Å². The molecule has 0 radical (unpaired) electrons. The first-order valence-corrected chi connectivity index (χ1v) is 17.9. The molecule has 0 aliphatic carbocycles. The molecule has 0 aromatic rings. The maximum atomic E-state index is 12.6. The minimum atomic E-state index is -0.890. The van der Waals surface area contributed by atoms with Crippen molar-refractivity contribution in [1.29, 1.82) is 0 Å². The Morgan fingerprint density at radius 1 is 0.660 bits per heavy atom. The molecule has 2 atom stereocenters. The molecule has 0 fully saturated rings. The van der Waals surface area contributed by atoms with Gasteiger partial charge in [-0.1, -0.05) is 132 Å². The summed E-state index contributed by atoms with van der Waals surface area (Å²) in [4.78, 5) is 36.6. The topological polar surface area (TPSA) is 99.1 Å². The van der Waals surface area contributed by atoms with Gasteiger partial charge in [0, 0.05) is 19.3 Å². The predicted molar refractivity (Wildman–Crippen MR) is 192 cm³/mol. The van der Waals surface area contributed by atoms with Gasteiger partial charge >= 0.3 is 17.9 Å². The molecule has 0 aromatic carbocycles. The predicted octanol–water partition coefficient (Wildman–Crippen LogP) is 8.68. The summed E-state index contributed by atoms with van der Waals surface area (Å²) in [5.74, 6) is -1.58. The number of esters is 2. The molecule has 268 valence electrons. The summed E-state index contributed by atoms with van der Waals surface area (Å²) in [7, 11) is 5.48. The Balaban J connectivity index is 4.62. The van der Waals surface area contributed by atoms with Crippen molar-refractivity contribution in [1.82, 2.24) is 0 Å². The number of hydrogen-bond donors (Lipinski definition) is 1. The van der Waals surface area contributed by atoms with Crippen LogP contribution in [0.15, 0.2) is 60.8 Å². The van der Waals surface area contributed by atoms with Gasteiger partial charge in [-0.25, -0.2) is 4.79 Å². The van der Waals surface area contributed by atoms with E-state index in [-0.39, 0.29) is 42.7 Å². The van der Waals surface area contributed by atoms with E-state index in [1.807, 2.05) is 75.8 Å². The molecule has 0 spiro atoms. The fraction of sp³-hybridized carbons (Fsp3) is 0.667. The molecule has 8 heteroatoms. The summed E-state index contributed by atoms with van der Waals surface area (Å²) in [6.45, 7) is 4.46. The number of likely N-dealkylation sites (N-methyl/N-ethyl adjacent to an activating group) is 1. The lowest BCUT2D eigenvalue weighted by molar-refractivity contribution is -0.887. The van der Waals surface area contributed by atoms with Crippen molar-refractivity contribution in [2.45, 2.75) is 129 Å². The lowest BCUT2D eigenvalue weighted by Gasteiger charge is -2.31. The monoisotopic (exact) mass is 660 g/mol. The zero-order valence-electron chi connectivity index (χ0n) is 30.2. The van der Waals surface area contributed by atoms with Crippen LogP contribution in [-0.4, -0.2) is 80.6 Å². The highest BCUT2D eigenvalue weighted by Gasteiger charge is 2.31. The number of carboxylic acid groups (broad SMARTS) is 1. The first-order valence-electron chi connectivity index (χ1n) is 17.9. The van der Waals surface area contributed by atoms with Crippen LogP contribution in [0.1, 0.15) is 117 Å². The van der Waals surface area contributed by atoms with Crippen LogP contribution in [0.4, 0.5) is 0 Å². The number of rotatable bonds is 30. The Bertz CT molecular complexity index is 959. The third kappa shape index (κ3) is 28.9. The van der Waals surface area contributed by atoms with Crippen molar-refractivity contribution < 1.29 is 38.2 Å². The molecule has 0 aliphatic heterocycles. The standard InChI is InChI=1S/C39H65NO7/c1-6-8-10-12-14-16-18-19-20-22-24-26-28-30-38(42)47-35(33-45-32-31-36(39(43)44)40(3,4)5)34-46-37(41)29-27-25-23-21-17-15-13-11-9-7-2/h8,10,12,14,16,18-20,22,24,35-36H,6-7,9,11,13,15,17,21,23,25-34H2,1-5H3/p+1/b10-8+,14-12+,18-16+,20-19+,24-22+. The minimum Gasteiger partial charge on any atom is -0.477 e. The van der Waals surface area contributed by atoms with Gasteiger partial charge in [-0.2, -0.15) is 0 Å². The molecule has 0 rings (SSSR count). The van der Waals surface area contributed by atoms with E-state index in [0.29, 0.717) is 19.3 Å². The van der Waals surface area contributed by atoms with Crippen LogP contribution in [-0.2, 0) is 28.6 Å². The van der Waals surface area contributed by atoms with E-state index in [2.05, 4.69) is 19.9 Å². The third-order valence-corrected chi connectivity index (χ3v) is 7.56. The summed E-state index contributed by atoms with van der Waals surface area (Å²) in [5.41, 5.74) is 0. The summed E-state index contributed by atoms with van der Waals surface area (Å²) in [6.07, 6.45) is 34.2. The smallest absolute Gasteiger partial charge is 0.362 e. The van der Waals surface area contributed by atoms with Crippen LogP contribution in [0.2, 0.25) is 0 Å². The van der Waals surface area contributed by atoms with Crippen molar-refractivity contribution in [2.24, 2.45) is 0 Å². The average molecular weight is 661 g/mol. The molecule has 2 unspecified atom stereocenters. The highest BCUT2D eigenvalue weighted by Crippen LogP contribution is 2.13. The number of carbonyl (C=O) groups excluding carboxylic acids is 2. The fourth-order valence-electron chi connectivity index (χ4n) is 4.77. The lowest BCUT2D eigenvalue weighted by atomic mass is 10.1. The SMILES string of the molecule is CC/C=C/C=C/C=C/C=C/C=C/CCCC(=O)OC(COCCC(C(=O)O)[N+](C)(C)C)COC(=O)CCCCCCCCCCCC. The molecule has 0 bridgehead atoms. The Morgan fingerprint density at radius 3 is 1.74 bits per heavy atom. The normalized spacial score (nSPS) is 13.8. The summed E-state index contributed by atoms with van der Waals surface area (Å²) < 4.78 is 17.1. The molecule has 0 saturated heterocycles. The number of aliphatic carboxylic acids is 1. The molecule has 0 saturated carbocycles. The molecule has 0 heterocycles. The maximum Gasteiger partial charge on any atom is 0.362 e. The summed E-state index contributed by atoms with van der Waals surface area (Å²) >= 11 is 0. The molecule has 1 N–H and O–H groups in total. The van der Waals surface area contributed by atoms with Crippen molar-refractivity contribution in [3.05, 3.63) is 60.8 Å².